The highest BCUT2D eigenvalue weighted by Crippen LogP contribution is 2.04. The molecule has 4 heteroatoms. The third-order valence-corrected chi connectivity index (χ3v) is 2.17. The molecule has 0 radical (unpaired) electrons. The smallest absolute Gasteiger partial charge is 0.226 e. The van der Waals surface area contributed by atoms with Crippen molar-refractivity contribution in [3.8, 4) is 0 Å². The van der Waals surface area contributed by atoms with Crippen LogP contribution in [-0.2, 0) is 13.0 Å². The van der Waals surface area contributed by atoms with Crippen molar-refractivity contribution in [3.63, 3.8) is 0 Å². The predicted octanol–water partition coefficient (Wildman–Crippen LogP) is 2.30. The maximum absolute atomic E-state index is 5.14. The van der Waals surface area contributed by atoms with Gasteiger partial charge < -0.3 is 9.84 Å². The monoisotopic (exact) mass is 211 g/mol. The first-order valence-electron chi connectivity index (χ1n) is 5.77. The maximum Gasteiger partial charge on any atom is 0.226 e. The summed E-state index contributed by atoms with van der Waals surface area (Å²) < 4.78 is 5.14. The van der Waals surface area contributed by atoms with Crippen LogP contribution in [0.15, 0.2) is 4.52 Å². The molecule has 0 unspecified atom stereocenters. The van der Waals surface area contributed by atoms with Crippen molar-refractivity contribution in [2.75, 3.05) is 0 Å². The Bertz CT molecular complexity index is 271. The molecule has 1 rings (SSSR count). The Hall–Kier alpha value is -0.900. The van der Waals surface area contributed by atoms with Crippen LogP contribution in [0.3, 0.4) is 0 Å². The van der Waals surface area contributed by atoms with Gasteiger partial charge in [0.1, 0.15) is 0 Å². The Morgan fingerprint density at radius 1 is 1.33 bits per heavy atom. The van der Waals surface area contributed by atoms with E-state index >= 15 is 0 Å². The summed E-state index contributed by atoms with van der Waals surface area (Å²) in [5.41, 5.74) is 0. The van der Waals surface area contributed by atoms with E-state index in [1.807, 2.05) is 0 Å². The summed E-state index contributed by atoms with van der Waals surface area (Å²) >= 11 is 0. The summed E-state index contributed by atoms with van der Waals surface area (Å²) in [5.74, 6) is 1.53. The van der Waals surface area contributed by atoms with E-state index in [2.05, 4.69) is 36.2 Å². The topological polar surface area (TPSA) is 51.0 Å². The van der Waals surface area contributed by atoms with E-state index in [1.165, 1.54) is 12.8 Å². The zero-order chi connectivity index (χ0) is 11.1. The lowest BCUT2D eigenvalue weighted by molar-refractivity contribution is 0.367. The third kappa shape index (κ3) is 4.93. The van der Waals surface area contributed by atoms with Crippen LogP contribution in [0.2, 0.25) is 0 Å². The van der Waals surface area contributed by atoms with Crippen LogP contribution >= 0.6 is 0 Å². The Kier molecular flexibility index (Phi) is 5.32. The van der Waals surface area contributed by atoms with Gasteiger partial charge in [-0.1, -0.05) is 38.8 Å². The van der Waals surface area contributed by atoms with Crippen molar-refractivity contribution in [1.82, 2.24) is 15.5 Å². The second-order valence-corrected chi connectivity index (χ2v) is 4.10. The standard InChI is InChI=1S/C11H21N3O/c1-4-5-6-7-11-13-10(14-15-11)8-12-9(2)3/h9,12H,4-8H2,1-3H3. The van der Waals surface area contributed by atoms with E-state index in [9.17, 15) is 0 Å². The maximum atomic E-state index is 5.14. The number of rotatable bonds is 7. The SMILES string of the molecule is CCCCCc1nc(CNC(C)C)no1. The second kappa shape index (κ2) is 6.56. The molecule has 0 bridgehead atoms. The lowest BCUT2D eigenvalue weighted by atomic mass is 10.2. The summed E-state index contributed by atoms with van der Waals surface area (Å²) in [4.78, 5) is 4.31. The van der Waals surface area contributed by atoms with E-state index in [-0.39, 0.29) is 0 Å². The molecule has 0 atom stereocenters. The van der Waals surface area contributed by atoms with Crippen molar-refractivity contribution in [3.05, 3.63) is 11.7 Å². The molecule has 1 heterocycles. The van der Waals surface area contributed by atoms with E-state index in [1.54, 1.807) is 0 Å². The van der Waals surface area contributed by atoms with Gasteiger partial charge in [0.05, 0.1) is 6.54 Å². The molecular weight excluding hydrogens is 190 g/mol. The molecule has 1 aromatic heterocycles. The van der Waals surface area contributed by atoms with Crippen molar-refractivity contribution >= 4 is 0 Å². The first-order chi connectivity index (χ1) is 7.22. The number of aromatic nitrogens is 2. The van der Waals surface area contributed by atoms with Gasteiger partial charge in [-0.15, -0.1) is 0 Å². The molecule has 0 fully saturated rings. The molecule has 0 saturated heterocycles. The molecule has 0 spiro atoms. The van der Waals surface area contributed by atoms with Crippen LogP contribution in [0.1, 0.15) is 51.7 Å². The lowest BCUT2D eigenvalue weighted by Crippen LogP contribution is -2.22. The fourth-order valence-electron chi connectivity index (χ4n) is 1.29. The van der Waals surface area contributed by atoms with Gasteiger partial charge in [0.2, 0.25) is 5.89 Å². The van der Waals surface area contributed by atoms with E-state index in [0.717, 1.165) is 24.6 Å². The molecule has 0 amide bonds. The first kappa shape index (κ1) is 12.2. The van der Waals surface area contributed by atoms with Gasteiger partial charge in [-0.25, -0.2) is 0 Å². The zero-order valence-corrected chi connectivity index (χ0v) is 9.92. The van der Waals surface area contributed by atoms with Crippen LogP contribution in [0.5, 0.6) is 0 Å². The normalized spacial score (nSPS) is 11.2. The first-order valence-corrected chi connectivity index (χ1v) is 5.77. The number of aryl methyl sites for hydroxylation is 1. The Morgan fingerprint density at radius 3 is 2.80 bits per heavy atom. The molecule has 0 aromatic carbocycles. The Morgan fingerprint density at radius 2 is 2.13 bits per heavy atom. The van der Waals surface area contributed by atoms with Crippen LogP contribution in [0.4, 0.5) is 0 Å². The average molecular weight is 211 g/mol. The summed E-state index contributed by atoms with van der Waals surface area (Å²) in [7, 11) is 0. The second-order valence-electron chi connectivity index (χ2n) is 4.10. The van der Waals surface area contributed by atoms with E-state index in [0.29, 0.717) is 12.6 Å². The zero-order valence-electron chi connectivity index (χ0n) is 9.92. The minimum atomic E-state index is 0.451. The third-order valence-electron chi connectivity index (χ3n) is 2.17. The molecule has 0 aliphatic heterocycles. The van der Waals surface area contributed by atoms with Crippen molar-refractivity contribution in [1.29, 1.82) is 0 Å². The molecule has 0 aliphatic rings. The van der Waals surface area contributed by atoms with Gasteiger partial charge in [-0.3, -0.25) is 0 Å². The van der Waals surface area contributed by atoms with Gasteiger partial charge >= 0.3 is 0 Å². The molecule has 0 saturated carbocycles. The molecular formula is C11H21N3O. The molecule has 86 valence electrons. The van der Waals surface area contributed by atoms with Gasteiger partial charge in [0.25, 0.3) is 0 Å². The summed E-state index contributed by atoms with van der Waals surface area (Å²) in [6.45, 7) is 7.07. The average Bonchev–Trinajstić information content (AvgIpc) is 2.63. The van der Waals surface area contributed by atoms with Gasteiger partial charge in [-0.05, 0) is 6.42 Å². The highest BCUT2D eigenvalue weighted by Gasteiger charge is 2.05. The van der Waals surface area contributed by atoms with Crippen molar-refractivity contribution < 1.29 is 4.52 Å². The minimum absolute atomic E-state index is 0.451. The molecule has 15 heavy (non-hydrogen) atoms. The number of nitrogens with zero attached hydrogens (tertiary/aromatic N) is 2. The van der Waals surface area contributed by atoms with Gasteiger partial charge in [-0.2, -0.15) is 4.98 Å². The summed E-state index contributed by atoms with van der Waals surface area (Å²) in [6.07, 6.45) is 4.48. The molecule has 1 aromatic rings. The van der Waals surface area contributed by atoms with E-state index < -0.39 is 0 Å². The summed E-state index contributed by atoms with van der Waals surface area (Å²) in [6, 6.07) is 0.451. The number of unbranched alkanes of at least 4 members (excludes halogenated alkanes) is 2. The molecule has 1 N–H and O–H groups in total. The van der Waals surface area contributed by atoms with Crippen molar-refractivity contribution in [2.24, 2.45) is 0 Å². The van der Waals surface area contributed by atoms with Crippen LogP contribution in [0.25, 0.3) is 0 Å². The molecule has 0 aliphatic carbocycles. The predicted molar refractivity (Wildman–Crippen MR) is 59.5 cm³/mol. The largest absolute Gasteiger partial charge is 0.339 e. The highest BCUT2D eigenvalue weighted by molar-refractivity contribution is 4.86. The van der Waals surface area contributed by atoms with Crippen LogP contribution < -0.4 is 5.32 Å². The quantitative estimate of drug-likeness (QED) is 0.703. The number of hydrogen-bond acceptors (Lipinski definition) is 4. The molecule has 4 nitrogen and oxygen atoms in total. The highest BCUT2D eigenvalue weighted by atomic mass is 16.5. The van der Waals surface area contributed by atoms with Gasteiger partial charge in [0.15, 0.2) is 5.82 Å². The fourth-order valence-corrected chi connectivity index (χ4v) is 1.29. The van der Waals surface area contributed by atoms with E-state index in [4.69, 9.17) is 4.52 Å². The van der Waals surface area contributed by atoms with Crippen molar-refractivity contribution in [2.45, 2.75) is 59.0 Å². The van der Waals surface area contributed by atoms with Crippen LogP contribution in [0, 0.1) is 0 Å². The number of nitrogens with one attached hydrogen (secondary N) is 1. The van der Waals surface area contributed by atoms with Gasteiger partial charge in [0, 0.05) is 12.5 Å². The minimum Gasteiger partial charge on any atom is -0.339 e. The fraction of sp³-hybridized carbons (Fsp3) is 0.818. The Balaban J connectivity index is 2.29. The van der Waals surface area contributed by atoms with Crippen LogP contribution in [-0.4, -0.2) is 16.2 Å². The number of hydrogen-bond donors (Lipinski definition) is 1. The summed E-state index contributed by atoms with van der Waals surface area (Å²) in [5, 5.41) is 7.18. The Labute approximate surface area is 91.5 Å². The lowest BCUT2D eigenvalue weighted by Gasteiger charge is -2.03.